The van der Waals surface area contributed by atoms with Crippen LogP contribution in [0.25, 0.3) is 0 Å². The van der Waals surface area contributed by atoms with Crippen molar-refractivity contribution in [1.82, 2.24) is 4.90 Å². The number of benzene rings is 1. The van der Waals surface area contributed by atoms with Gasteiger partial charge >= 0.3 is 5.97 Å². The summed E-state index contributed by atoms with van der Waals surface area (Å²) in [6.45, 7) is 4.33. The lowest BCUT2D eigenvalue weighted by molar-refractivity contribution is -0.149. The van der Waals surface area contributed by atoms with E-state index in [-0.39, 0.29) is 18.6 Å². The van der Waals surface area contributed by atoms with E-state index >= 15 is 0 Å². The minimum absolute atomic E-state index is 0.00179. The monoisotopic (exact) mass is 377 g/mol. The van der Waals surface area contributed by atoms with Crippen LogP contribution in [0.4, 0.5) is 0 Å². The zero-order valence-electron chi connectivity index (χ0n) is 16.5. The number of aliphatic carboxylic acids is 1. The second kappa shape index (κ2) is 10.3. The smallest absolute Gasteiger partial charge is 0.341 e. The Kier molecular flexibility index (Phi) is 8.10. The summed E-state index contributed by atoms with van der Waals surface area (Å²) >= 11 is 0. The molecule has 1 aromatic rings. The molecule has 1 aliphatic carbocycles. The average Bonchev–Trinajstić information content (AvgIpc) is 2.65. The Morgan fingerprint density at radius 1 is 1.26 bits per heavy atom. The van der Waals surface area contributed by atoms with E-state index in [4.69, 9.17) is 14.6 Å². The van der Waals surface area contributed by atoms with Crippen molar-refractivity contribution in [2.45, 2.75) is 64.7 Å². The summed E-state index contributed by atoms with van der Waals surface area (Å²) in [5, 5.41) is 8.64. The fourth-order valence-electron chi connectivity index (χ4n) is 3.50. The van der Waals surface area contributed by atoms with Crippen molar-refractivity contribution >= 4 is 11.9 Å². The van der Waals surface area contributed by atoms with Crippen molar-refractivity contribution in [3.8, 4) is 5.75 Å². The number of likely N-dealkylation sites (N-methyl/N-ethyl adjacent to an activating group) is 1. The van der Waals surface area contributed by atoms with Crippen LogP contribution < -0.4 is 4.74 Å². The minimum atomic E-state index is -1.01. The molecule has 0 spiro atoms. The second-order valence-corrected chi connectivity index (χ2v) is 7.45. The number of ether oxygens (including phenoxy) is 2. The van der Waals surface area contributed by atoms with Gasteiger partial charge in [0.1, 0.15) is 11.9 Å². The summed E-state index contributed by atoms with van der Waals surface area (Å²) in [4.78, 5) is 25.0. The van der Waals surface area contributed by atoms with E-state index in [1.54, 1.807) is 24.1 Å². The fourth-order valence-corrected chi connectivity index (χ4v) is 3.50. The average molecular weight is 377 g/mol. The summed E-state index contributed by atoms with van der Waals surface area (Å²) in [5.74, 6) is 0.150. The Balaban J connectivity index is 1.88. The van der Waals surface area contributed by atoms with Crippen LogP contribution >= 0.6 is 0 Å². The number of hydrogen-bond acceptors (Lipinski definition) is 4. The highest BCUT2D eigenvalue weighted by molar-refractivity contribution is 5.80. The molecule has 0 heterocycles. The van der Waals surface area contributed by atoms with Crippen molar-refractivity contribution in [1.29, 1.82) is 0 Å². The first kappa shape index (κ1) is 21.2. The van der Waals surface area contributed by atoms with Crippen LogP contribution in [0.15, 0.2) is 24.3 Å². The second-order valence-electron chi connectivity index (χ2n) is 7.45. The predicted octanol–water partition coefficient (Wildman–Crippen LogP) is 3.48. The summed E-state index contributed by atoms with van der Waals surface area (Å²) in [6, 6.07) is 7.11. The maximum Gasteiger partial charge on any atom is 0.341 e. The van der Waals surface area contributed by atoms with E-state index in [1.165, 1.54) is 12.8 Å². The van der Waals surface area contributed by atoms with Gasteiger partial charge in [0.2, 0.25) is 0 Å². The SMILES string of the molecule is CCC(OC1CCCC(C)C1)C(=O)N(C)Cc1ccc(OCC(=O)O)cc1. The molecule has 1 aliphatic rings. The molecule has 27 heavy (non-hydrogen) atoms. The third-order valence-electron chi connectivity index (χ3n) is 4.97. The van der Waals surface area contributed by atoms with E-state index in [2.05, 4.69) is 6.92 Å². The number of rotatable bonds is 9. The Labute approximate surface area is 161 Å². The largest absolute Gasteiger partial charge is 0.482 e. The van der Waals surface area contributed by atoms with Crippen molar-refractivity contribution in [2.75, 3.05) is 13.7 Å². The van der Waals surface area contributed by atoms with E-state index in [1.807, 2.05) is 19.1 Å². The van der Waals surface area contributed by atoms with Gasteiger partial charge < -0.3 is 19.5 Å². The molecule has 0 saturated heterocycles. The molecular weight excluding hydrogens is 346 g/mol. The molecule has 0 bridgehead atoms. The quantitative estimate of drug-likeness (QED) is 0.713. The highest BCUT2D eigenvalue weighted by Gasteiger charge is 2.27. The van der Waals surface area contributed by atoms with Crippen LogP contribution in [0.1, 0.15) is 51.5 Å². The highest BCUT2D eigenvalue weighted by atomic mass is 16.5. The number of carboxylic acid groups (broad SMARTS) is 1. The number of carbonyl (C=O) groups excluding carboxylic acids is 1. The Morgan fingerprint density at radius 3 is 2.56 bits per heavy atom. The van der Waals surface area contributed by atoms with Crippen LogP contribution in [-0.2, 0) is 20.9 Å². The molecule has 3 unspecified atom stereocenters. The highest BCUT2D eigenvalue weighted by Crippen LogP contribution is 2.27. The first-order valence-electron chi connectivity index (χ1n) is 9.73. The third-order valence-corrected chi connectivity index (χ3v) is 4.97. The van der Waals surface area contributed by atoms with Gasteiger partial charge in [0, 0.05) is 13.6 Å². The van der Waals surface area contributed by atoms with E-state index in [0.717, 1.165) is 18.4 Å². The Bertz CT molecular complexity index is 616. The number of carbonyl (C=O) groups is 2. The molecule has 1 N–H and O–H groups in total. The van der Waals surface area contributed by atoms with E-state index in [9.17, 15) is 9.59 Å². The molecule has 0 radical (unpaired) electrons. The molecule has 6 nitrogen and oxygen atoms in total. The van der Waals surface area contributed by atoms with Gasteiger partial charge in [0.15, 0.2) is 6.61 Å². The van der Waals surface area contributed by atoms with Crippen LogP contribution in [0.2, 0.25) is 0 Å². The molecule has 3 atom stereocenters. The maximum atomic E-state index is 12.8. The number of nitrogens with zero attached hydrogens (tertiary/aromatic N) is 1. The summed E-state index contributed by atoms with van der Waals surface area (Å²) < 4.78 is 11.3. The topological polar surface area (TPSA) is 76.1 Å². The fraction of sp³-hybridized carbons (Fsp3) is 0.619. The van der Waals surface area contributed by atoms with Crippen LogP contribution in [-0.4, -0.2) is 47.7 Å². The van der Waals surface area contributed by atoms with Crippen molar-refractivity contribution < 1.29 is 24.2 Å². The lowest BCUT2D eigenvalue weighted by atomic mass is 9.88. The molecular formula is C21H31NO5. The van der Waals surface area contributed by atoms with Gasteiger partial charge in [-0.2, -0.15) is 0 Å². The van der Waals surface area contributed by atoms with Crippen LogP contribution in [0.5, 0.6) is 5.75 Å². The van der Waals surface area contributed by atoms with Crippen molar-refractivity contribution in [2.24, 2.45) is 5.92 Å². The normalized spacial score (nSPS) is 20.7. The minimum Gasteiger partial charge on any atom is -0.482 e. The number of hydrogen-bond donors (Lipinski definition) is 1. The molecule has 6 heteroatoms. The van der Waals surface area contributed by atoms with Gasteiger partial charge in [-0.05, 0) is 42.9 Å². The summed E-state index contributed by atoms with van der Waals surface area (Å²) in [5.41, 5.74) is 0.953. The van der Waals surface area contributed by atoms with E-state index in [0.29, 0.717) is 24.6 Å². The summed E-state index contributed by atoms with van der Waals surface area (Å²) in [7, 11) is 1.78. The summed E-state index contributed by atoms with van der Waals surface area (Å²) in [6.07, 6.45) is 4.93. The van der Waals surface area contributed by atoms with Gasteiger partial charge in [-0.3, -0.25) is 4.79 Å². The lowest BCUT2D eigenvalue weighted by Gasteiger charge is -2.31. The predicted molar refractivity (Wildman–Crippen MR) is 103 cm³/mol. The first-order valence-corrected chi connectivity index (χ1v) is 9.73. The van der Waals surface area contributed by atoms with Gasteiger partial charge in [0.25, 0.3) is 5.91 Å². The molecule has 150 valence electrons. The number of carboxylic acids is 1. The zero-order valence-corrected chi connectivity index (χ0v) is 16.5. The molecule has 1 fully saturated rings. The van der Waals surface area contributed by atoms with Crippen molar-refractivity contribution in [3.05, 3.63) is 29.8 Å². The molecule has 1 saturated carbocycles. The van der Waals surface area contributed by atoms with Gasteiger partial charge in [-0.15, -0.1) is 0 Å². The zero-order chi connectivity index (χ0) is 19.8. The Morgan fingerprint density at radius 2 is 1.96 bits per heavy atom. The molecule has 0 aromatic heterocycles. The van der Waals surface area contributed by atoms with Crippen LogP contribution in [0, 0.1) is 5.92 Å². The van der Waals surface area contributed by atoms with Gasteiger partial charge in [-0.1, -0.05) is 38.8 Å². The third kappa shape index (κ3) is 6.86. The van der Waals surface area contributed by atoms with Crippen molar-refractivity contribution in [3.63, 3.8) is 0 Å². The van der Waals surface area contributed by atoms with E-state index < -0.39 is 12.1 Å². The lowest BCUT2D eigenvalue weighted by Crippen LogP contribution is -2.40. The maximum absolute atomic E-state index is 12.8. The van der Waals surface area contributed by atoms with Gasteiger partial charge in [0.05, 0.1) is 6.10 Å². The molecule has 2 rings (SSSR count). The molecule has 1 aromatic carbocycles. The standard InChI is InChI=1S/C21H31NO5/c1-4-19(27-18-7-5-6-15(2)12-18)21(25)22(3)13-16-8-10-17(11-9-16)26-14-20(23)24/h8-11,15,18-19H,4-7,12-14H2,1-3H3,(H,23,24). The molecule has 1 amide bonds. The number of amides is 1. The molecule has 0 aliphatic heterocycles. The van der Waals surface area contributed by atoms with Crippen LogP contribution in [0.3, 0.4) is 0 Å². The first-order chi connectivity index (χ1) is 12.9. The Hall–Kier alpha value is -2.08. The van der Waals surface area contributed by atoms with Gasteiger partial charge in [-0.25, -0.2) is 4.79 Å².